The van der Waals surface area contributed by atoms with E-state index in [-0.39, 0.29) is 5.56 Å². The van der Waals surface area contributed by atoms with E-state index in [9.17, 15) is 9.90 Å². The lowest BCUT2D eigenvalue weighted by atomic mass is 9.99. The molecule has 1 N–H and O–H groups in total. The monoisotopic (exact) mass is 296 g/mol. The van der Waals surface area contributed by atoms with Crippen LogP contribution in [0.5, 0.6) is 5.75 Å². The first-order valence-corrected chi connectivity index (χ1v) is 6.15. The van der Waals surface area contributed by atoms with Crippen LogP contribution in [0, 0.1) is 0 Å². The van der Waals surface area contributed by atoms with Gasteiger partial charge in [-0.3, -0.25) is 0 Å². The summed E-state index contributed by atoms with van der Waals surface area (Å²) in [7, 11) is 1.51. The Labute approximate surface area is 120 Å². The van der Waals surface area contributed by atoms with Gasteiger partial charge < -0.3 is 9.84 Å². The van der Waals surface area contributed by atoms with E-state index in [1.165, 1.54) is 13.2 Å². The minimum Gasteiger partial charge on any atom is -0.497 e. The maximum absolute atomic E-state index is 11.3. The topological polar surface area (TPSA) is 46.5 Å². The Morgan fingerprint density at radius 2 is 1.84 bits per heavy atom. The first-order valence-electron chi connectivity index (χ1n) is 5.39. The molecular formula is C14H10Cl2O3. The number of aromatic carboxylic acids is 1. The molecular weight excluding hydrogens is 287 g/mol. The van der Waals surface area contributed by atoms with Crippen molar-refractivity contribution in [2.24, 2.45) is 0 Å². The number of benzene rings is 2. The molecule has 2 aromatic rings. The second kappa shape index (κ2) is 5.51. The highest BCUT2D eigenvalue weighted by Gasteiger charge is 2.15. The molecule has 0 fully saturated rings. The Morgan fingerprint density at radius 1 is 1.11 bits per heavy atom. The molecule has 2 aromatic carbocycles. The summed E-state index contributed by atoms with van der Waals surface area (Å²) in [6.45, 7) is 0. The van der Waals surface area contributed by atoms with Crippen LogP contribution in [0.4, 0.5) is 0 Å². The number of methoxy groups -OCH3 is 1. The van der Waals surface area contributed by atoms with Crippen molar-refractivity contribution in [1.82, 2.24) is 0 Å². The van der Waals surface area contributed by atoms with Crippen LogP contribution in [0.3, 0.4) is 0 Å². The third-order valence-corrected chi connectivity index (χ3v) is 3.24. The molecule has 0 atom stereocenters. The zero-order valence-electron chi connectivity index (χ0n) is 9.98. The zero-order chi connectivity index (χ0) is 14.0. The summed E-state index contributed by atoms with van der Waals surface area (Å²) in [6.07, 6.45) is 0. The van der Waals surface area contributed by atoms with E-state index in [1.54, 1.807) is 30.3 Å². The van der Waals surface area contributed by atoms with Gasteiger partial charge in [0.15, 0.2) is 0 Å². The van der Waals surface area contributed by atoms with Crippen molar-refractivity contribution in [3.8, 4) is 16.9 Å². The molecule has 19 heavy (non-hydrogen) atoms. The number of carboxylic acids is 1. The summed E-state index contributed by atoms with van der Waals surface area (Å²) >= 11 is 12.0. The van der Waals surface area contributed by atoms with E-state index in [0.717, 1.165) is 0 Å². The van der Waals surface area contributed by atoms with Gasteiger partial charge in [-0.25, -0.2) is 4.79 Å². The molecule has 0 aliphatic rings. The molecule has 0 radical (unpaired) electrons. The summed E-state index contributed by atoms with van der Waals surface area (Å²) in [6, 6.07) is 9.60. The molecule has 5 heteroatoms. The second-order valence-corrected chi connectivity index (χ2v) is 4.68. The summed E-state index contributed by atoms with van der Waals surface area (Å²) < 4.78 is 5.11. The van der Waals surface area contributed by atoms with Crippen LogP contribution in [0.2, 0.25) is 10.0 Å². The van der Waals surface area contributed by atoms with E-state index in [2.05, 4.69) is 0 Å². The van der Waals surface area contributed by atoms with Crippen molar-refractivity contribution in [1.29, 1.82) is 0 Å². The van der Waals surface area contributed by atoms with Crippen LogP contribution in [-0.2, 0) is 0 Å². The molecule has 0 saturated heterocycles. The first-order chi connectivity index (χ1) is 9.02. The van der Waals surface area contributed by atoms with Gasteiger partial charge in [-0.05, 0) is 36.4 Å². The number of carboxylic acid groups (broad SMARTS) is 1. The molecule has 0 aliphatic heterocycles. The fraction of sp³-hybridized carbons (Fsp3) is 0.0714. The van der Waals surface area contributed by atoms with E-state index in [0.29, 0.717) is 26.9 Å². The number of carbonyl (C=O) groups is 1. The van der Waals surface area contributed by atoms with Gasteiger partial charge >= 0.3 is 5.97 Å². The van der Waals surface area contributed by atoms with Crippen LogP contribution in [0.15, 0.2) is 36.4 Å². The molecule has 2 rings (SSSR count). The summed E-state index contributed by atoms with van der Waals surface area (Å²) in [4.78, 5) is 11.3. The Hall–Kier alpha value is -1.71. The van der Waals surface area contributed by atoms with E-state index in [4.69, 9.17) is 27.9 Å². The van der Waals surface area contributed by atoms with Crippen molar-refractivity contribution in [3.05, 3.63) is 52.0 Å². The molecule has 3 nitrogen and oxygen atoms in total. The molecule has 0 saturated carbocycles. The molecule has 98 valence electrons. The van der Waals surface area contributed by atoms with Crippen molar-refractivity contribution >= 4 is 29.2 Å². The van der Waals surface area contributed by atoms with Crippen molar-refractivity contribution in [2.45, 2.75) is 0 Å². The normalized spacial score (nSPS) is 10.3. The van der Waals surface area contributed by atoms with E-state index < -0.39 is 5.97 Å². The lowest BCUT2D eigenvalue weighted by Crippen LogP contribution is -2.00. The van der Waals surface area contributed by atoms with E-state index >= 15 is 0 Å². The molecule has 0 aliphatic carbocycles. The quantitative estimate of drug-likeness (QED) is 0.915. The summed E-state index contributed by atoms with van der Waals surface area (Å²) in [5.41, 5.74) is 1.18. The lowest BCUT2D eigenvalue weighted by molar-refractivity contribution is 0.0697. The number of rotatable bonds is 3. The van der Waals surface area contributed by atoms with Gasteiger partial charge in [-0.15, -0.1) is 0 Å². The minimum absolute atomic E-state index is 0.143. The highest BCUT2D eigenvalue weighted by atomic mass is 35.5. The van der Waals surface area contributed by atoms with Crippen LogP contribution in [-0.4, -0.2) is 18.2 Å². The van der Waals surface area contributed by atoms with Crippen LogP contribution >= 0.6 is 23.2 Å². The average Bonchev–Trinajstić information content (AvgIpc) is 2.40. The Morgan fingerprint density at radius 3 is 2.47 bits per heavy atom. The van der Waals surface area contributed by atoms with Crippen molar-refractivity contribution in [2.75, 3.05) is 7.11 Å². The average molecular weight is 297 g/mol. The number of halogens is 2. The van der Waals surface area contributed by atoms with Crippen molar-refractivity contribution < 1.29 is 14.6 Å². The van der Waals surface area contributed by atoms with E-state index in [1.807, 2.05) is 0 Å². The lowest BCUT2D eigenvalue weighted by Gasteiger charge is -2.10. The smallest absolute Gasteiger partial charge is 0.336 e. The second-order valence-electron chi connectivity index (χ2n) is 3.84. The maximum atomic E-state index is 11.3. The van der Waals surface area contributed by atoms with Gasteiger partial charge in [0.25, 0.3) is 0 Å². The molecule has 0 aromatic heterocycles. The first kappa shape index (κ1) is 13.7. The van der Waals surface area contributed by atoms with Crippen LogP contribution < -0.4 is 4.74 Å². The Balaban J connectivity index is 2.71. The van der Waals surface area contributed by atoms with Crippen molar-refractivity contribution in [3.63, 3.8) is 0 Å². The Kier molecular flexibility index (Phi) is 3.98. The van der Waals surface area contributed by atoms with Gasteiger partial charge in [0.1, 0.15) is 5.75 Å². The molecule has 0 heterocycles. The number of hydrogen-bond donors (Lipinski definition) is 1. The van der Waals surface area contributed by atoms with Gasteiger partial charge in [0.05, 0.1) is 12.7 Å². The molecule has 0 unspecified atom stereocenters. The third kappa shape index (κ3) is 2.83. The highest BCUT2D eigenvalue weighted by molar-refractivity contribution is 6.35. The predicted molar refractivity (Wildman–Crippen MR) is 75.4 cm³/mol. The maximum Gasteiger partial charge on any atom is 0.336 e. The van der Waals surface area contributed by atoms with Gasteiger partial charge in [-0.2, -0.15) is 0 Å². The predicted octanol–water partition coefficient (Wildman–Crippen LogP) is 4.37. The van der Waals surface area contributed by atoms with Gasteiger partial charge in [0, 0.05) is 21.2 Å². The standard InChI is InChI=1S/C14H10Cl2O3/c1-19-9-3-4-10(14(17)18)11(7-9)12-6-8(15)2-5-13(12)16/h2-7H,1H3,(H,17,18). The fourth-order valence-corrected chi connectivity index (χ4v) is 2.16. The molecule has 0 bridgehead atoms. The molecule has 0 amide bonds. The largest absolute Gasteiger partial charge is 0.497 e. The van der Waals surface area contributed by atoms with Gasteiger partial charge in [0.2, 0.25) is 0 Å². The number of hydrogen-bond acceptors (Lipinski definition) is 2. The highest BCUT2D eigenvalue weighted by Crippen LogP contribution is 2.35. The van der Waals surface area contributed by atoms with Crippen LogP contribution in [0.25, 0.3) is 11.1 Å². The summed E-state index contributed by atoms with van der Waals surface area (Å²) in [5.74, 6) is -0.482. The van der Waals surface area contributed by atoms with Crippen LogP contribution in [0.1, 0.15) is 10.4 Å². The minimum atomic E-state index is -1.03. The Bertz CT molecular complexity index is 639. The van der Waals surface area contributed by atoms with Gasteiger partial charge in [-0.1, -0.05) is 23.2 Å². The number of ether oxygens (including phenoxy) is 1. The SMILES string of the molecule is COc1ccc(C(=O)O)c(-c2cc(Cl)ccc2Cl)c1. The summed E-state index contributed by atoms with van der Waals surface area (Å²) in [5, 5.41) is 10.1. The third-order valence-electron chi connectivity index (χ3n) is 2.68. The molecule has 0 spiro atoms. The fourth-order valence-electron chi connectivity index (χ4n) is 1.76. The zero-order valence-corrected chi connectivity index (χ0v) is 11.5.